The van der Waals surface area contributed by atoms with E-state index in [2.05, 4.69) is 25.2 Å². The molecule has 0 unspecified atom stereocenters. The maximum Gasteiger partial charge on any atom is 0.189 e. The van der Waals surface area contributed by atoms with Gasteiger partial charge in [-0.3, -0.25) is 4.79 Å². The number of thiophene rings is 1. The van der Waals surface area contributed by atoms with Crippen LogP contribution in [0.25, 0.3) is 0 Å². The second-order valence-corrected chi connectivity index (χ2v) is 6.46. The highest BCUT2D eigenvalue weighted by Crippen LogP contribution is 2.45. The average Bonchev–Trinajstić information content (AvgIpc) is 2.80. The summed E-state index contributed by atoms with van der Waals surface area (Å²) in [5.41, 5.74) is 0.726. The third-order valence-electron chi connectivity index (χ3n) is 3.98. The summed E-state index contributed by atoms with van der Waals surface area (Å²) in [5, 5.41) is 3.46. The van der Waals surface area contributed by atoms with E-state index in [0.29, 0.717) is 6.04 Å². The zero-order valence-corrected chi connectivity index (χ0v) is 11.7. The summed E-state index contributed by atoms with van der Waals surface area (Å²) in [6.07, 6.45) is 2.94. The van der Waals surface area contributed by atoms with E-state index in [1.54, 1.807) is 11.3 Å². The van der Waals surface area contributed by atoms with E-state index in [1.807, 2.05) is 0 Å². The van der Waals surface area contributed by atoms with E-state index in [-0.39, 0.29) is 18.0 Å². The van der Waals surface area contributed by atoms with Crippen molar-refractivity contribution in [1.82, 2.24) is 5.32 Å². The van der Waals surface area contributed by atoms with Gasteiger partial charge in [0.25, 0.3) is 0 Å². The summed E-state index contributed by atoms with van der Waals surface area (Å²) >= 11 is 1.77. The predicted molar refractivity (Wildman–Crippen MR) is 72.4 cm³/mol. The topological polar surface area (TPSA) is 38.3 Å². The van der Waals surface area contributed by atoms with Crippen LogP contribution in [0.5, 0.6) is 0 Å². The van der Waals surface area contributed by atoms with Crippen molar-refractivity contribution in [2.24, 2.45) is 0 Å². The van der Waals surface area contributed by atoms with Gasteiger partial charge in [-0.25, -0.2) is 0 Å². The molecule has 1 aromatic heterocycles. The third-order valence-corrected chi connectivity index (χ3v) is 5.45. The first kappa shape index (κ1) is 12.3. The number of hydrogen-bond donors (Lipinski definition) is 1. The van der Waals surface area contributed by atoms with Crippen molar-refractivity contribution < 1.29 is 9.53 Å². The Morgan fingerprint density at radius 1 is 1.61 bits per heavy atom. The SMILES string of the molecule is CCc1cc2c(s1)[C@]1(CCN[C@@H](C)C1)OCC2=O. The molecule has 0 amide bonds. The monoisotopic (exact) mass is 265 g/mol. The molecule has 98 valence electrons. The molecule has 1 spiro atoms. The lowest BCUT2D eigenvalue weighted by molar-refractivity contribution is -0.0734. The number of Topliss-reactive ketones (excluding diaryl/α,β-unsaturated/α-hetero) is 1. The van der Waals surface area contributed by atoms with E-state index in [9.17, 15) is 4.79 Å². The van der Waals surface area contributed by atoms with Crippen molar-refractivity contribution in [3.63, 3.8) is 0 Å². The van der Waals surface area contributed by atoms with Crippen LogP contribution in [0.15, 0.2) is 6.07 Å². The molecule has 3 heterocycles. The van der Waals surface area contributed by atoms with E-state index in [4.69, 9.17) is 4.74 Å². The maximum absolute atomic E-state index is 12.0. The van der Waals surface area contributed by atoms with Gasteiger partial charge in [0, 0.05) is 21.4 Å². The molecular weight excluding hydrogens is 246 g/mol. The first-order valence-electron chi connectivity index (χ1n) is 6.68. The summed E-state index contributed by atoms with van der Waals surface area (Å²) in [4.78, 5) is 14.5. The standard InChI is InChI=1S/C14H19NO2S/c1-3-10-6-11-12(16)8-17-14(13(11)18-10)4-5-15-9(2)7-14/h6,9,15H,3-5,7-8H2,1-2H3/t9-,14+/m0/s1. The van der Waals surface area contributed by atoms with Gasteiger partial charge in [0.1, 0.15) is 12.2 Å². The molecular formula is C14H19NO2S. The van der Waals surface area contributed by atoms with Crippen LogP contribution in [0, 0.1) is 0 Å². The molecule has 2 atom stereocenters. The number of aryl methyl sites for hydroxylation is 1. The molecule has 0 aromatic carbocycles. The molecule has 1 N–H and O–H groups in total. The lowest BCUT2D eigenvalue weighted by atomic mass is 9.83. The Morgan fingerprint density at radius 3 is 3.17 bits per heavy atom. The quantitative estimate of drug-likeness (QED) is 0.848. The van der Waals surface area contributed by atoms with Gasteiger partial charge in [-0.15, -0.1) is 11.3 Å². The predicted octanol–water partition coefficient (Wildman–Crippen LogP) is 2.49. The summed E-state index contributed by atoms with van der Waals surface area (Å²) in [6.45, 7) is 5.54. The van der Waals surface area contributed by atoms with Crippen LogP contribution in [0.4, 0.5) is 0 Å². The van der Waals surface area contributed by atoms with Gasteiger partial charge in [0.2, 0.25) is 0 Å². The summed E-state index contributed by atoms with van der Waals surface area (Å²) in [7, 11) is 0. The molecule has 4 heteroatoms. The Labute approximate surface area is 112 Å². The lowest BCUT2D eigenvalue weighted by Crippen LogP contribution is -2.49. The number of hydrogen-bond acceptors (Lipinski definition) is 4. The van der Waals surface area contributed by atoms with Gasteiger partial charge >= 0.3 is 0 Å². The Hall–Kier alpha value is -0.710. The molecule has 2 aliphatic rings. The Balaban J connectivity index is 2.06. The van der Waals surface area contributed by atoms with Crippen molar-refractivity contribution in [1.29, 1.82) is 0 Å². The number of piperidine rings is 1. The Bertz CT molecular complexity index is 482. The zero-order valence-electron chi connectivity index (χ0n) is 10.9. The van der Waals surface area contributed by atoms with E-state index in [0.717, 1.165) is 31.4 Å². The molecule has 3 nitrogen and oxygen atoms in total. The minimum atomic E-state index is -0.202. The fourth-order valence-electron chi connectivity index (χ4n) is 3.04. The number of carbonyl (C=O) groups excluding carboxylic acids is 1. The highest BCUT2D eigenvalue weighted by atomic mass is 32.1. The van der Waals surface area contributed by atoms with Gasteiger partial charge < -0.3 is 10.1 Å². The average molecular weight is 265 g/mol. The molecule has 1 fully saturated rings. The molecule has 0 radical (unpaired) electrons. The number of fused-ring (bicyclic) bond motifs is 2. The first-order chi connectivity index (χ1) is 8.64. The Kier molecular flexibility index (Phi) is 3.04. The summed E-state index contributed by atoms with van der Waals surface area (Å²) < 4.78 is 5.99. The van der Waals surface area contributed by atoms with Crippen LogP contribution in [-0.2, 0) is 16.8 Å². The second-order valence-electron chi connectivity index (χ2n) is 5.32. The number of carbonyl (C=O) groups is 1. The lowest BCUT2D eigenvalue weighted by Gasteiger charge is -2.42. The van der Waals surface area contributed by atoms with Crippen molar-refractivity contribution in [3.05, 3.63) is 21.4 Å². The fraction of sp³-hybridized carbons (Fsp3) is 0.643. The van der Waals surface area contributed by atoms with Crippen molar-refractivity contribution in [2.45, 2.75) is 44.8 Å². The maximum atomic E-state index is 12.0. The largest absolute Gasteiger partial charge is 0.361 e. The molecule has 1 saturated heterocycles. The number of ether oxygens (including phenoxy) is 1. The fourth-order valence-corrected chi connectivity index (χ4v) is 4.33. The summed E-state index contributed by atoms with van der Waals surface area (Å²) in [5.74, 6) is 0.151. The van der Waals surface area contributed by atoms with Gasteiger partial charge in [-0.05, 0) is 38.8 Å². The van der Waals surface area contributed by atoms with Gasteiger partial charge in [-0.2, -0.15) is 0 Å². The van der Waals surface area contributed by atoms with Gasteiger partial charge in [0.15, 0.2) is 5.78 Å². The molecule has 18 heavy (non-hydrogen) atoms. The van der Waals surface area contributed by atoms with Crippen molar-refractivity contribution in [2.75, 3.05) is 13.2 Å². The van der Waals surface area contributed by atoms with Crippen LogP contribution < -0.4 is 5.32 Å². The van der Waals surface area contributed by atoms with E-state index < -0.39 is 0 Å². The van der Waals surface area contributed by atoms with Crippen LogP contribution in [0.3, 0.4) is 0 Å². The number of rotatable bonds is 1. The minimum absolute atomic E-state index is 0.151. The van der Waals surface area contributed by atoms with E-state index in [1.165, 1.54) is 9.75 Å². The Morgan fingerprint density at radius 2 is 2.44 bits per heavy atom. The zero-order chi connectivity index (χ0) is 12.8. The van der Waals surface area contributed by atoms with Gasteiger partial charge in [0.05, 0.1) is 0 Å². The van der Waals surface area contributed by atoms with Crippen molar-refractivity contribution in [3.8, 4) is 0 Å². The molecule has 2 aliphatic heterocycles. The van der Waals surface area contributed by atoms with Crippen molar-refractivity contribution >= 4 is 17.1 Å². The van der Waals surface area contributed by atoms with Crippen LogP contribution in [0.1, 0.15) is 46.8 Å². The molecule has 0 saturated carbocycles. The molecule has 3 rings (SSSR count). The second kappa shape index (κ2) is 4.44. The third kappa shape index (κ3) is 1.83. The van der Waals surface area contributed by atoms with Crippen LogP contribution >= 0.6 is 11.3 Å². The number of nitrogens with one attached hydrogen (secondary N) is 1. The highest BCUT2D eigenvalue weighted by Gasteiger charge is 2.44. The number of ketones is 1. The molecule has 1 aromatic rings. The van der Waals surface area contributed by atoms with Crippen LogP contribution in [0.2, 0.25) is 0 Å². The highest BCUT2D eigenvalue weighted by molar-refractivity contribution is 7.12. The van der Waals surface area contributed by atoms with E-state index >= 15 is 0 Å². The molecule has 0 aliphatic carbocycles. The molecule has 0 bridgehead atoms. The minimum Gasteiger partial charge on any atom is -0.361 e. The van der Waals surface area contributed by atoms with Gasteiger partial charge in [-0.1, -0.05) is 6.92 Å². The summed E-state index contributed by atoms with van der Waals surface area (Å²) in [6, 6.07) is 2.53. The first-order valence-corrected chi connectivity index (χ1v) is 7.50. The normalized spacial score (nSPS) is 31.7. The van der Waals surface area contributed by atoms with Crippen LogP contribution in [-0.4, -0.2) is 25.0 Å². The smallest absolute Gasteiger partial charge is 0.189 e.